The van der Waals surface area contributed by atoms with Gasteiger partial charge in [0.15, 0.2) is 22.6 Å². The molecule has 0 bridgehead atoms. The number of nitrogens with zero attached hydrogens (tertiary/aromatic N) is 1. The molecule has 1 unspecified atom stereocenters. The van der Waals surface area contributed by atoms with Gasteiger partial charge in [-0.25, -0.2) is 4.21 Å². The molecule has 0 radical (unpaired) electrons. The molecule has 1 saturated carbocycles. The van der Waals surface area contributed by atoms with Crippen LogP contribution < -0.4 is 0 Å². The minimum atomic E-state index is -2.11. The molecule has 1 aromatic heterocycles. The van der Waals surface area contributed by atoms with Crippen LogP contribution in [0.2, 0.25) is 5.02 Å². The van der Waals surface area contributed by atoms with Gasteiger partial charge < -0.3 is 9.08 Å². The first kappa shape index (κ1) is 15.9. The zero-order chi connectivity index (χ0) is 15.9. The Morgan fingerprint density at radius 3 is 2.82 bits per heavy atom. The van der Waals surface area contributed by atoms with Crippen LogP contribution in [0, 0.1) is 0 Å². The molecular formula is C14H11BrClNO4S. The van der Waals surface area contributed by atoms with Gasteiger partial charge in [0, 0.05) is 16.0 Å². The molecular weight excluding hydrogens is 394 g/mol. The van der Waals surface area contributed by atoms with Gasteiger partial charge in [-0.15, -0.1) is 0 Å². The van der Waals surface area contributed by atoms with Gasteiger partial charge in [0.05, 0.1) is 22.5 Å². The second kappa shape index (κ2) is 6.23. The number of carbonyl (C=O) groups is 1. The Kier molecular flexibility index (Phi) is 4.49. The summed E-state index contributed by atoms with van der Waals surface area (Å²) in [5, 5.41) is 3.97. The minimum Gasteiger partial charge on any atom is -0.360 e. The number of benzene rings is 1. The van der Waals surface area contributed by atoms with E-state index in [0.717, 1.165) is 12.8 Å². The highest BCUT2D eigenvalue weighted by atomic mass is 79.9. The molecule has 0 spiro atoms. The highest BCUT2D eigenvalue weighted by Crippen LogP contribution is 2.42. The van der Waals surface area contributed by atoms with E-state index in [4.69, 9.17) is 20.7 Å². The van der Waals surface area contributed by atoms with Crippen LogP contribution in [0.25, 0.3) is 0 Å². The van der Waals surface area contributed by atoms with E-state index in [1.165, 1.54) is 6.20 Å². The molecule has 1 aliphatic carbocycles. The predicted molar refractivity (Wildman–Crippen MR) is 85.5 cm³/mol. The van der Waals surface area contributed by atoms with E-state index in [1.807, 2.05) is 0 Å². The molecule has 0 saturated heterocycles. The predicted octanol–water partition coefficient (Wildman–Crippen LogP) is 3.92. The first-order chi connectivity index (χ1) is 10.5. The van der Waals surface area contributed by atoms with Gasteiger partial charge in [0.25, 0.3) is 0 Å². The first-order valence-electron chi connectivity index (χ1n) is 6.52. The third-order valence-electron chi connectivity index (χ3n) is 3.50. The van der Waals surface area contributed by atoms with Crippen LogP contribution in [0.15, 0.2) is 27.3 Å². The number of halogens is 2. The van der Waals surface area contributed by atoms with Crippen molar-refractivity contribution in [3.8, 4) is 0 Å². The van der Waals surface area contributed by atoms with Crippen LogP contribution in [0.5, 0.6) is 0 Å². The van der Waals surface area contributed by atoms with Crippen LogP contribution >= 0.6 is 27.5 Å². The number of aromatic nitrogens is 1. The third kappa shape index (κ3) is 3.03. The Labute approximate surface area is 142 Å². The van der Waals surface area contributed by atoms with E-state index in [0.29, 0.717) is 26.9 Å². The molecule has 116 valence electrons. The zero-order valence-electron chi connectivity index (χ0n) is 11.2. The number of rotatable bonds is 5. The van der Waals surface area contributed by atoms with E-state index in [2.05, 4.69) is 21.1 Å². The van der Waals surface area contributed by atoms with Crippen molar-refractivity contribution in [1.82, 2.24) is 5.16 Å². The van der Waals surface area contributed by atoms with Crippen molar-refractivity contribution in [2.45, 2.75) is 24.5 Å². The summed E-state index contributed by atoms with van der Waals surface area (Å²) < 4.78 is 26.1. The van der Waals surface area contributed by atoms with Gasteiger partial charge in [0.1, 0.15) is 0 Å². The van der Waals surface area contributed by atoms with E-state index >= 15 is 0 Å². The molecule has 1 aliphatic rings. The highest BCUT2D eigenvalue weighted by molar-refractivity contribution is 9.10. The van der Waals surface area contributed by atoms with Crippen LogP contribution in [-0.2, 0) is 16.8 Å². The summed E-state index contributed by atoms with van der Waals surface area (Å²) in [6.45, 7) is 0. The van der Waals surface area contributed by atoms with E-state index in [-0.39, 0.29) is 22.5 Å². The van der Waals surface area contributed by atoms with Gasteiger partial charge >= 0.3 is 0 Å². The zero-order valence-corrected chi connectivity index (χ0v) is 14.4. The normalized spacial score (nSPS) is 15.8. The fourth-order valence-electron chi connectivity index (χ4n) is 2.27. The maximum absolute atomic E-state index is 12.8. The summed E-state index contributed by atoms with van der Waals surface area (Å²) in [6.07, 6.45) is 3.35. The summed E-state index contributed by atoms with van der Waals surface area (Å²) in [6, 6.07) is 3.23. The van der Waals surface area contributed by atoms with Crippen molar-refractivity contribution < 1.29 is 18.1 Å². The Morgan fingerprint density at radius 1 is 1.45 bits per heavy atom. The Bertz CT molecular complexity index is 772. The SMILES string of the molecule is O=C(c1cnoc1C1CC1)c1ccc(Br)c(Cl)c1CS(=O)O. The topological polar surface area (TPSA) is 80.4 Å². The average Bonchev–Trinajstić information content (AvgIpc) is 3.20. The molecule has 1 atom stereocenters. The van der Waals surface area contributed by atoms with Crippen molar-refractivity contribution in [1.29, 1.82) is 0 Å². The summed E-state index contributed by atoms with van der Waals surface area (Å²) in [7, 11) is 0. The number of carbonyl (C=O) groups excluding carboxylic acids is 1. The van der Waals surface area contributed by atoms with E-state index < -0.39 is 11.1 Å². The van der Waals surface area contributed by atoms with Crippen molar-refractivity contribution in [2.75, 3.05) is 0 Å². The monoisotopic (exact) mass is 403 g/mol. The first-order valence-corrected chi connectivity index (χ1v) is 8.97. The summed E-state index contributed by atoms with van der Waals surface area (Å²) in [4.78, 5) is 12.8. The lowest BCUT2D eigenvalue weighted by Gasteiger charge is -2.10. The quantitative estimate of drug-likeness (QED) is 0.603. The van der Waals surface area contributed by atoms with Crippen molar-refractivity contribution in [3.05, 3.63) is 50.3 Å². The average molecular weight is 405 g/mol. The summed E-state index contributed by atoms with van der Waals surface area (Å²) in [5.41, 5.74) is 1.02. The molecule has 0 amide bonds. The fraction of sp³-hybridized carbons (Fsp3) is 0.286. The second-order valence-electron chi connectivity index (χ2n) is 5.06. The molecule has 1 fully saturated rings. The molecule has 3 rings (SSSR count). The van der Waals surface area contributed by atoms with Gasteiger partial charge in [-0.2, -0.15) is 0 Å². The van der Waals surface area contributed by atoms with Gasteiger partial charge in [-0.05, 0) is 46.5 Å². The third-order valence-corrected chi connectivity index (χ3v) is 5.36. The smallest absolute Gasteiger partial charge is 0.198 e. The summed E-state index contributed by atoms with van der Waals surface area (Å²) >= 11 is 7.33. The van der Waals surface area contributed by atoms with Crippen LogP contribution in [-0.4, -0.2) is 19.7 Å². The molecule has 22 heavy (non-hydrogen) atoms. The lowest BCUT2D eigenvalue weighted by atomic mass is 9.98. The summed E-state index contributed by atoms with van der Waals surface area (Å²) in [5.74, 6) is 0.310. The fourth-order valence-corrected chi connectivity index (χ4v) is 3.50. The van der Waals surface area contributed by atoms with Gasteiger partial charge in [-0.3, -0.25) is 4.79 Å². The van der Waals surface area contributed by atoms with Gasteiger partial charge in [-0.1, -0.05) is 16.8 Å². The van der Waals surface area contributed by atoms with Crippen LogP contribution in [0.3, 0.4) is 0 Å². The molecule has 5 nitrogen and oxygen atoms in total. The number of hydrogen-bond acceptors (Lipinski definition) is 4. The molecule has 1 aromatic carbocycles. The minimum absolute atomic E-state index is 0.219. The second-order valence-corrected chi connectivity index (χ2v) is 7.22. The molecule has 8 heteroatoms. The number of ketones is 1. The molecule has 0 aliphatic heterocycles. The number of hydrogen-bond donors (Lipinski definition) is 1. The Balaban J connectivity index is 2.06. The Morgan fingerprint density at radius 2 is 2.18 bits per heavy atom. The maximum Gasteiger partial charge on any atom is 0.198 e. The van der Waals surface area contributed by atoms with Crippen molar-refractivity contribution in [2.24, 2.45) is 0 Å². The Hall–Kier alpha value is -1.02. The van der Waals surface area contributed by atoms with Gasteiger partial charge in [0.2, 0.25) is 0 Å². The highest BCUT2D eigenvalue weighted by Gasteiger charge is 2.33. The van der Waals surface area contributed by atoms with Crippen LogP contribution in [0.1, 0.15) is 46.0 Å². The maximum atomic E-state index is 12.8. The van der Waals surface area contributed by atoms with Crippen molar-refractivity contribution in [3.63, 3.8) is 0 Å². The van der Waals surface area contributed by atoms with E-state index in [1.54, 1.807) is 12.1 Å². The standard InChI is InChI=1S/C14H11BrClNO4S/c15-11-4-3-8(10(12(11)16)6-22(19)20)13(18)9-5-17-21-14(9)7-1-2-7/h3-5,7H,1-2,6H2,(H,19,20). The lowest BCUT2D eigenvalue weighted by Crippen LogP contribution is -2.09. The largest absolute Gasteiger partial charge is 0.360 e. The molecule has 1 heterocycles. The molecule has 2 aromatic rings. The molecule has 1 N–H and O–H groups in total. The van der Waals surface area contributed by atoms with Crippen LogP contribution in [0.4, 0.5) is 0 Å². The van der Waals surface area contributed by atoms with E-state index in [9.17, 15) is 9.00 Å². The lowest BCUT2D eigenvalue weighted by molar-refractivity contribution is 0.103. The van der Waals surface area contributed by atoms with Crippen molar-refractivity contribution >= 4 is 44.4 Å².